The normalized spacial score (nSPS) is 10.9. The van der Waals surface area contributed by atoms with Crippen molar-refractivity contribution >= 4 is 33.3 Å². The molecule has 1 amide bonds. The second kappa shape index (κ2) is 9.44. The lowest BCUT2D eigenvalue weighted by atomic mass is 10.1. The average Bonchev–Trinajstić information content (AvgIpc) is 2.75. The third kappa shape index (κ3) is 5.49. The van der Waals surface area contributed by atoms with E-state index in [9.17, 15) is 18.0 Å². The average molecular weight is 439 g/mol. The zero-order chi connectivity index (χ0) is 22.4. The van der Waals surface area contributed by atoms with Crippen molar-refractivity contribution in [2.24, 2.45) is 0 Å². The van der Waals surface area contributed by atoms with Gasteiger partial charge < -0.3 is 10.1 Å². The summed E-state index contributed by atoms with van der Waals surface area (Å²) in [5.74, 6) is -0.838. The molecule has 0 unspecified atom stereocenters. The van der Waals surface area contributed by atoms with E-state index in [1.54, 1.807) is 68.4 Å². The lowest BCUT2D eigenvalue weighted by molar-refractivity contribution is 0.0526. The molecule has 7 nitrogen and oxygen atoms in total. The van der Waals surface area contributed by atoms with Gasteiger partial charge in [0.15, 0.2) is 0 Å². The van der Waals surface area contributed by atoms with E-state index in [0.29, 0.717) is 16.8 Å². The summed E-state index contributed by atoms with van der Waals surface area (Å²) in [4.78, 5) is 24.7. The fourth-order valence-corrected chi connectivity index (χ4v) is 3.95. The van der Waals surface area contributed by atoms with Gasteiger partial charge in [-0.2, -0.15) is 0 Å². The van der Waals surface area contributed by atoms with Crippen molar-refractivity contribution in [3.8, 4) is 0 Å². The summed E-state index contributed by atoms with van der Waals surface area (Å²) in [6.07, 6.45) is 0. The van der Waals surface area contributed by atoms with Crippen LogP contribution in [0.4, 0.5) is 11.4 Å². The minimum atomic E-state index is -3.76. The predicted molar refractivity (Wildman–Crippen MR) is 119 cm³/mol. The molecule has 3 aromatic rings. The molecule has 0 bridgehead atoms. The van der Waals surface area contributed by atoms with Gasteiger partial charge in [0.1, 0.15) is 0 Å². The van der Waals surface area contributed by atoms with E-state index in [1.807, 2.05) is 0 Å². The van der Waals surface area contributed by atoms with Gasteiger partial charge in [-0.05, 0) is 67.9 Å². The van der Waals surface area contributed by atoms with Crippen LogP contribution in [0, 0.1) is 6.92 Å². The molecule has 0 radical (unpaired) electrons. The van der Waals surface area contributed by atoms with Crippen LogP contribution in [0.25, 0.3) is 0 Å². The van der Waals surface area contributed by atoms with Crippen LogP contribution >= 0.6 is 0 Å². The summed E-state index contributed by atoms with van der Waals surface area (Å²) < 4.78 is 32.5. The number of ether oxygens (including phenoxy) is 1. The first-order chi connectivity index (χ1) is 14.8. The van der Waals surface area contributed by atoms with Crippen LogP contribution in [0.15, 0.2) is 77.7 Å². The lowest BCUT2D eigenvalue weighted by Crippen LogP contribution is -2.15. The van der Waals surface area contributed by atoms with Gasteiger partial charge >= 0.3 is 5.97 Å². The molecule has 3 aromatic carbocycles. The first-order valence-electron chi connectivity index (χ1n) is 9.57. The largest absolute Gasteiger partial charge is 0.462 e. The van der Waals surface area contributed by atoms with Crippen LogP contribution in [0.1, 0.15) is 33.2 Å². The number of esters is 1. The van der Waals surface area contributed by atoms with Gasteiger partial charge in [0.25, 0.3) is 15.9 Å². The molecule has 0 aromatic heterocycles. The van der Waals surface area contributed by atoms with Gasteiger partial charge in [0.05, 0.1) is 17.1 Å². The summed E-state index contributed by atoms with van der Waals surface area (Å²) in [7, 11) is -3.76. The number of amides is 1. The minimum absolute atomic E-state index is 0.127. The minimum Gasteiger partial charge on any atom is -0.462 e. The zero-order valence-electron chi connectivity index (χ0n) is 17.1. The number of hydrogen-bond donors (Lipinski definition) is 2. The van der Waals surface area contributed by atoms with Crippen molar-refractivity contribution in [3.05, 3.63) is 89.5 Å². The molecule has 0 saturated heterocycles. The van der Waals surface area contributed by atoms with Crippen LogP contribution in [0.2, 0.25) is 0 Å². The topological polar surface area (TPSA) is 102 Å². The summed E-state index contributed by atoms with van der Waals surface area (Å²) in [6.45, 7) is 3.77. The Morgan fingerprint density at radius 3 is 2.32 bits per heavy atom. The molecule has 31 heavy (non-hydrogen) atoms. The van der Waals surface area contributed by atoms with Crippen LogP contribution in [0.5, 0.6) is 0 Å². The Morgan fingerprint density at radius 2 is 1.65 bits per heavy atom. The first-order valence-corrected chi connectivity index (χ1v) is 11.1. The molecular weight excluding hydrogens is 416 g/mol. The second-order valence-corrected chi connectivity index (χ2v) is 8.39. The van der Waals surface area contributed by atoms with Gasteiger partial charge in [0.2, 0.25) is 0 Å². The van der Waals surface area contributed by atoms with Crippen molar-refractivity contribution in [1.82, 2.24) is 0 Å². The lowest BCUT2D eigenvalue weighted by Gasteiger charge is -2.12. The molecular formula is C23H22N2O5S. The number of carbonyl (C=O) groups excluding carboxylic acids is 2. The van der Waals surface area contributed by atoms with Crippen molar-refractivity contribution in [2.45, 2.75) is 18.7 Å². The highest BCUT2D eigenvalue weighted by molar-refractivity contribution is 7.92. The Bertz CT molecular complexity index is 1210. The van der Waals surface area contributed by atoms with Crippen LogP contribution in [-0.4, -0.2) is 26.9 Å². The third-order valence-corrected chi connectivity index (χ3v) is 5.81. The molecule has 0 atom stereocenters. The van der Waals surface area contributed by atoms with Gasteiger partial charge in [-0.3, -0.25) is 9.52 Å². The summed E-state index contributed by atoms with van der Waals surface area (Å²) in [5.41, 5.74) is 2.18. The summed E-state index contributed by atoms with van der Waals surface area (Å²) >= 11 is 0. The zero-order valence-corrected chi connectivity index (χ0v) is 17.9. The SMILES string of the molecule is CCOC(=O)c1ccc(NC(=O)c2cccc(NS(=O)(=O)c3ccccc3)c2)c(C)c1. The van der Waals surface area contributed by atoms with Crippen molar-refractivity contribution in [1.29, 1.82) is 0 Å². The molecule has 0 aliphatic rings. The Kier molecular flexibility index (Phi) is 6.71. The van der Waals surface area contributed by atoms with Gasteiger partial charge in [-0.1, -0.05) is 24.3 Å². The Balaban J connectivity index is 1.76. The highest BCUT2D eigenvalue weighted by Gasteiger charge is 2.15. The second-order valence-electron chi connectivity index (χ2n) is 6.70. The Labute approximate surface area is 181 Å². The maximum Gasteiger partial charge on any atom is 0.338 e. The van der Waals surface area contributed by atoms with E-state index in [2.05, 4.69) is 10.0 Å². The molecule has 8 heteroatoms. The first kappa shape index (κ1) is 22.0. The maximum atomic E-state index is 12.7. The highest BCUT2D eigenvalue weighted by Crippen LogP contribution is 2.20. The Morgan fingerprint density at radius 1 is 0.903 bits per heavy atom. The van der Waals surface area contributed by atoms with Gasteiger partial charge in [-0.15, -0.1) is 0 Å². The molecule has 3 rings (SSSR count). The van der Waals surface area contributed by atoms with Crippen molar-refractivity contribution in [3.63, 3.8) is 0 Å². The Hall–Kier alpha value is -3.65. The van der Waals surface area contributed by atoms with E-state index < -0.39 is 21.9 Å². The highest BCUT2D eigenvalue weighted by atomic mass is 32.2. The molecule has 0 spiro atoms. The predicted octanol–water partition coefficient (Wildman–Crippen LogP) is 4.22. The molecule has 0 saturated carbocycles. The standard InChI is InChI=1S/C23H22N2O5S/c1-3-30-23(27)18-12-13-21(16(2)14-18)24-22(26)17-8-7-9-19(15-17)25-31(28,29)20-10-5-4-6-11-20/h4-15,25H,3H2,1-2H3,(H,24,26). The van der Waals surface area contributed by atoms with Gasteiger partial charge in [0, 0.05) is 16.9 Å². The number of nitrogens with one attached hydrogen (secondary N) is 2. The number of sulfonamides is 1. The number of hydrogen-bond acceptors (Lipinski definition) is 5. The molecule has 0 fully saturated rings. The van der Waals surface area contributed by atoms with E-state index in [4.69, 9.17) is 4.74 Å². The van der Waals surface area contributed by atoms with Crippen LogP contribution in [0.3, 0.4) is 0 Å². The van der Waals surface area contributed by atoms with E-state index in [0.717, 1.165) is 0 Å². The number of rotatable bonds is 7. The summed E-state index contributed by atoms with van der Waals surface area (Å²) in [5, 5.41) is 2.78. The number of anilines is 2. The monoisotopic (exact) mass is 438 g/mol. The molecule has 0 heterocycles. The third-order valence-electron chi connectivity index (χ3n) is 4.42. The van der Waals surface area contributed by atoms with E-state index in [-0.39, 0.29) is 22.8 Å². The molecule has 0 aliphatic heterocycles. The molecule has 2 N–H and O–H groups in total. The van der Waals surface area contributed by atoms with Crippen molar-refractivity contribution < 1.29 is 22.7 Å². The number of benzene rings is 3. The van der Waals surface area contributed by atoms with Crippen LogP contribution in [-0.2, 0) is 14.8 Å². The maximum absolute atomic E-state index is 12.7. The number of carbonyl (C=O) groups is 2. The number of aryl methyl sites for hydroxylation is 1. The van der Waals surface area contributed by atoms with Crippen molar-refractivity contribution in [2.75, 3.05) is 16.6 Å². The fraction of sp³-hybridized carbons (Fsp3) is 0.130. The van der Waals surface area contributed by atoms with E-state index >= 15 is 0 Å². The molecule has 160 valence electrons. The fourth-order valence-electron chi connectivity index (χ4n) is 2.88. The van der Waals surface area contributed by atoms with Crippen LogP contribution < -0.4 is 10.0 Å². The quantitative estimate of drug-likeness (QED) is 0.538. The molecule has 0 aliphatic carbocycles. The van der Waals surface area contributed by atoms with Gasteiger partial charge in [-0.25, -0.2) is 13.2 Å². The van der Waals surface area contributed by atoms with E-state index in [1.165, 1.54) is 18.2 Å². The smallest absolute Gasteiger partial charge is 0.338 e. The summed E-state index contributed by atoms with van der Waals surface area (Å²) in [6, 6.07) is 19.0.